The van der Waals surface area contributed by atoms with Gasteiger partial charge in [0.2, 0.25) is 10.0 Å². The second-order valence-corrected chi connectivity index (χ2v) is 8.60. The Labute approximate surface area is 155 Å². The standard InChI is InChI=1S/C20H25NO4S/c1-14-5-9-19(11-15(14)2)26(22,23)21(17-6-7-17)13-16-12-18(24-3)8-10-20(16)25-4/h5,8-12,17H,6-7,13H2,1-4H3. The van der Waals surface area contributed by atoms with E-state index in [0.29, 0.717) is 16.4 Å². The Hall–Kier alpha value is -2.05. The minimum Gasteiger partial charge on any atom is -0.497 e. The zero-order valence-electron chi connectivity index (χ0n) is 15.7. The summed E-state index contributed by atoms with van der Waals surface area (Å²) in [7, 11) is -0.402. The Morgan fingerprint density at radius 2 is 1.73 bits per heavy atom. The largest absolute Gasteiger partial charge is 0.497 e. The van der Waals surface area contributed by atoms with Crippen molar-refractivity contribution in [3.63, 3.8) is 0 Å². The summed E-state index contributed by atoms with van der Waals surface area (Å²) < 4.78 is 38.9. The molecular formula is C20H25NO4S. The van der Waals surface area contributed by atoms with Gasteiger partial charge in [-0.2, -0.15) is 4.31 Å². The van der Waals surface area contributed by atoms with E-state index in [0.717, 1.165) is 29.5 Å². The first-order valence-corrected chi connectivity index (χ1v) is 10.1. The van der Waals surface area contributed by atoms with Crippen molar-refractivity contribution in [2.75, 3.05) is 14.2 Å². The highest BCUT2D eigenvalue weighted by atomic mass is 32.2. The van der Waals surface area contributed by atoms with Gasteiger partial charge in [0.15, 0.2) is 0 Å². The molecule has 140 valence electrons. The number of benzene rings is 2. The van der Waals surface area contributed by atoms with Crippen molar-refractivity contribution in [1.29, 1.82) is 0 Å². The molecule has 0 amide bonds. The Kier molecular flexibility index (Phi) is 5.25. The number of ether oxygens (including phenoxy) is 2. The average Bonchev–Trinajstić information content (AvgIpc) is 3.46. The fourth-order valence-corrected chi connectivity index (χ4v) is 4.70. The third kappa shape index (κ3) is 3.71. The third-order valence-corrected chi connectivity index (χ3v) is 6.75. The molecule has 1 aliphatic carbocycles. The molecule has 1 fully saturated rings. The molecule has 26 heavy (non-hydrogen) atoms. The molecule has 0 saturated heterocycles. The van der Waals surface area contributed by atoms with Gasteiger partial charge in [-0.15, -0.1) is 0 Å². The van der Waals surface area contributed by atoms with Crippen LogP contribution in [0.15, 0.2) is 41.3 Å². The monoisotopic (exact) mass is 375 g/mol. The lowest BCUT2D eigenvalue weighted by molar-refractivity contribution is 0.369. The van der Waals surface area contributed by atoms with Crippen LogP contribution in [0.1, 0.15) is 29.5 Å². The molecule has 0 radical (unpaired) electrons. The van der Waals surface area contributed by atoms with Gasteiger partial charge in [0.05, 0.1) is 19.1 Å². The van der Waals surface area contributed by atoms with Crippen LogP contribution in [0, 0.1) is 13.8 Å². The molecule has 1 saturated carbocycles. The molecule has 0 unspecified atom stereocenters. The molecule has 5 nitrogen and oxygen atoms in total. The maximum atomic E-state index is 13.3. The molecule has 1 aliphatic rings. The van der Waals surface area contributed by atoms with E-state index in [-0.39, 0.29) is 12.6 Å². The number of hydrogen-bond donors (Lipinski definition) is 0. The first-order chi connectivity index (χ1) is 12.4. The predicted octanol–water partition coefficient (Wildman–Crippen LogP) is 3.67. The summed E-state index contributed by atoms with van der Waals surface area (Å²) in [6.07, 6.45) is 1.77. The number of hydrogen-bond acceptors (Lipinski definition) is 4. The fourth-order valence-electron chi connectivity index (χ4n) is 2.96. The van der Waals surface area contributed by atoms with Gasteiger partial charge < -0.3 is 9.47 Å². The van der Waals surface area contributed by atoms with Crippen LogP contribution in [0.25, 0.3) is 0 Å². The fraction of sp³-hybridized carbons (Fsp3) is 0.400. The number of sulfonamides is 1. The van der Waals surface area contributed by atoms with Gasteiger partial charge in [-0.05, 0) is 68.1 Å². The Morgan fingerprint density at radius 1 is 1.00 bits per heavy atom. The van der Waals surface area contributed by atoms with Gasteiger partial charge in [0.1, 0.15) is 11.5 Å². The first-order valence-electron chi connectivity index (χ1n) is 8.67. The minimum atomic E-state index is -3.58. The Balaban J connectivity index is 1.98. The minimum absolute atomic E-state index is 0.0394. The lowest BCUT2D eigenvalue weighted by Crippen LogP contribution is -2.33. The SMILES string of the molecule is COc1ccc(OC)c(CN(C2CC2)S(=O)(=O)c2ccc(C)c(C)c2)c1. The second-order valence-electron chi connectivity index (χ2n) is 6.71. The molecule has 2 aromatic carbocycles. The highest BCUT2D eigenvalue weighted by Crippen LogP contribution is 2.36. The second kappa shape index (κ2) is 7.29. The van der Waals surface area contributed by atoms with Crippen LogP contribution in [0.3, 0.4) is 0 Å². The van der Waals surface area contributed by atoms with Gasteiger partial charge in [0.25, 0.3) is 0 Å². The number of methoxy groups -OCH3 is 2. The van der Waals surface area contributed by atoms with Crippen LogP contribution < -0.4 is 9.47 Å². The molecule has 3 rings (SSSR count). The summed E-state index contributed by atoms with van der Waals surface area (Å²) in [5.41, 5.74) is 2.85. The number of rotatable bonds is 7. The molecule has 0 spiro atoms. The summed E-state index contributed by atoms with van der Waals surface area (Å²) in [5, 5.41) is 0. The van der Waals surface area contributed by atoms with E-state index in [4.69, 9.17) is 9.47 Å². The third-order valence-electron chi connectivity index (χ3n) is 4.85. The van der Waals surface area contributed by atoms with E-state index in [1.54, 1.807) is 30.7 Å². The molecule has 6 heteroatoms. The molecular weight excluding hydrogens is 350 g/mol. The smallest absolute Gasteiger partial charge is 0.243 e. The van der Waals surface area contributed by atoms with Crippen LogP contribution in [-0.4, -0.2) is 33.0 Å². The van der Waals surface area contributed by atoms with E-state index < -0.39 is 10.0 Å². The topological polar surface area (TPSA) is 55.8 Å². The summed E-state index contributed by atoms with van der Waals surface area (Å²) in [6.45, 7) is 4.17. The summed E-state index contributed by atoms with van der Waals surface area (Å²) in [6, 6.07) is 10.8. The summed E-state index contributed by atoms with van der Waals surface area (Å²) >= 11 is 0. The van der Waals surface area contributed by atoms with Crippen molar-refractivity contribution in [2.24, 2.45) is 0 Å². The van der Waals surface area contributed by atoms with Gasteiger partial charge in [0, 0.05) is 18.2 Å². The molecule has 0 heterocycles. The molecule has 0 aromatic heterocycles. The quantitative estimate of drug-likeness (QED) is 0.741. The predicted molar refractivity (Wildman–Crippen MR) is 101 cm³/mol. The lowest BCUT2D eigenvalue weighted by atomic mass is 10.1. The maximum absolute atomic E-state index is 13.3. The van der Waals surface area contributed by atoms with E-state index in [1.165, 1.54) is 0 Å². The Morgan fingerprint density at radius 3 is 2.31 bits per heavy atom. The van der Waals surface area contributed by atoms with Crippen molar-refractivity contribution >= 4 is 10.0 Å². The van der Waals surface area contributed by atoms with Crippen LogP contribution >= 0.6 is 0 Å². The maximum Gasteiger partial charge on any atom is 0.243 e. The molecule has 0 N–H and O–H groups in total. The number of aryl methyl sites for hydroxylation is 2. The highest BCUT2D eigenvalue weighted by Gasteiger charge is 2.38. The zero-order chi connectivity index (χ0) is 18.9. The van der Waals surface area contributed by atoms with E-state index in [1.807, 2.05) is 38.1 Å². The van der Waals surface area contributed by atoms with Crippen molar-refractivity contribution in [2.45, 2.75) is 44.2 Å². The van der Waals surface area contributed by atoms with Crippen molar-refractivity contribution in [1.82, 2.24) is 4.31 Å². The first kappa shape index (κ1) is 18.7. The Bertz CT molecular complexity index is 904. The average molecular weight is 375 g/mol. The van der Waals surface area contributed by atoms with E-state index in [2.05, 4.69) is 0 Å². The zero-order valence-corrected chi connectivity index (χ0v) is 16.5. The summed E-state index contributed by atoms with van der Waals surface area (Å²) in [4.78, 5) is 0.342. The van der Waals surface area contributed by atoms with Gasteiger partial charge in [-0.25, -0.2) is 8.42 Å². The lowest BCUT2D eigenvalue weighted by Gasteiger charge is -2.23. The van der Waals surface area contributed by atoms with Gasteiger partial charge in [-0.3, -0.25) is 0 Å². The van der Waals surface area contributed by atoms with Gasteiger partial charge >= 0.3 is 0 Å². The molecule has 0 bridgehead atoms. The molecule has 0 aliphatic heterocycles. The van der Waals surface area contributed by atoms with Crippen molar-refractivity contribution in [3.05, 3.63) is 53.1 Å². The van der Waals surface area contributed by atoms with Crippen LogP contribution in [0.5, 0.6) is 11.5 Å². The highest BCUT2D eigenvalue weighted by molar-refractivity contribution is 7.89. The van der Waals surface area contributed by atoms with E-state index in [9.17, 15) is 8.42 Å². The normalized spacial score (nSPS) is 14.5. The summed E-state index contributed by atoms with van der Waals surface area (Å²) in [5.74, 6) is 1.34. The van der Waals surface area contributed by atoms with E-state index >= 15 is 0 Å². The van der Waals surface area contributed by atoms with Gasteiger partial charge in [-0.1, -0.05) is 6.07 Å². The van der Waals surface area contributed by atoms with Crippen molar-refractivity contribution in [3.8, 4) is 11.5 Å². The number of nitrogens with zero attached hydrogens (tertiary/aromatic N) is 1. The van der Waals surface area contributed by atoms with Crippen LogP contribution in [-0.2, 0) is 16.6 Å². The van der Waals surface area contributed by atoms with Crippen LogP contribution in [0.2, 0.25) is 0 Å². The van der Waals surface area contributed by atoms with Crippen molar-refractivity contribution < 1.29 is 17.9 Å². The van der Waals surface area contributed by atoms with Crippen LogP contribution in [0.4, 0.5) is 0 Å². The molecule has 0 atom stereocenters. The molecule has 2 aromatic rings.